The third-order valence-corrected chi connectivity index (χ3v) is 14.1. The molecule has 4 amide bonds. The van der Waals surface area contributed by atoms with Gasteiger partial charge < -0.3 is 40.2 Å². The number of rotatable bonds is 17. The van der Waals surface area contributed by atoms with Crippen LogP contribution in [0.4, 0.5) is 16.4 Å². The number of ether oxygens (including phenoxy) is 4. The fourth-order valence-electron chi connectivity index (χ4n) is 9.11. The quantitative estimate of drug-likeness (QED) is 0.0873. The molecule has 0 spiro atoms. The molecule has 8 rings (SSSR count). The van der Waals surface area contributed by atoms with E-state index in [2.05, 4.69) is 48.4 Å². The second-order valence-electron chi connectivity index (χ2n) is 17.3. The van der Waals surface area contributed by atoms with E-state index in [0.717, 1.165) is 16.7 Å². The van der Waals surface area contributed by atoms with E-state index < -0.39 is 52.3 Å². The van der Waals surface area contributed by atoms with Crippen LogP contribution in [0.15, 0.2) is 41.3 Å². The molecule has 4 N–H and O–H groups in total. The molecule has 4 aliphatic rings. The summed E-state index contributed by atoms with van der Waals surface area (Å²) >= 11 is 0. The van der Waals surface area contributed by atoms with Gasteiger partial charge in [-0.2, -0.15) is 18.9 Å². The van der Waals surface area contributed by atoms with E-state index in [1.54, 1.807) is 38.1 Å². The number of pyridine rings is 3. The zero-order valence-electron chi connectivity index (χ0n) is 38.5. The summed E-state index contributed by atoms with van der Waals surface area (Å²) in [7, 11) is -1.71. The Hall–Kier alpha value is -7.40. The zero-order valence-corrected chi connectivity index (χ0v) is 39.3. The van der Waals surface area contributed by atoms with E-state index in [0.29, 0.717) is 66.2 Å². The van der Waals surface area contributed by atoms with E-state index in [4.69, 9.17) is 23.1 Å². The van der Waals surface area contributed by atoms with Gasteiger partial charge in [0.1, 0.15) is 41.6 Å². The number of carbonyl (C=O) groups is 4. The Kier molecular flexibility index (Phi) is 14.0. The monoisotopic (exact) mass is 962 g/mol. The van der Waals surface area contributed by atoms with E-state index in [1.165, 1.54) is 31.1 Å². The van der Waals surface area contributed by atoms with E-state index >= 15 is 0 Å². The Balaban J connectivity index is 0.993. The normalized spacial score (nSPS) is 18.8. The van der Waals surface area contributed by atoms with Gasteiger partial charge in [0.05, 0.1) is 11.4 Å². The molecule has 5 heterocycles. The number of nitrogens with one attached hydrogen (secondary N) is 4. The molecule has 1 fully saturated rings. The van der Waals surface area contributed by atoms with Crippen LogP contribution >= 0.6 is 0 Å². The number of amides is 4. The van der Waals surface area contributed by atoms with Crippen LogP contribution in [-0.4, -0.2) is 112 Å². The molecule has 0 saturated carbocycles. The van der Waals surface area contributed by atoms with Crippen LogP contribution in [0.1, 0.15) is 56.8 Å². The van der Waals surface area contributed by atoms with Crippen molar-refractivity contribution < 1.29 is 50.7 Å². The van der Waals surface area contributed by atoms with Gasteiger partial charge in [0.25, 0.3) is 27.8 Å². The van der Waals surface area contributed by atoms with Crippen molar-refractivity contribution in [2.45, 2.75) is 76.1 Å². The summed E-state index contributed by atoms with van der Waals surface area (Å²) in [5.74, 6) is -1.21. The van der Waals surface area contributed by atoms with Crippen molar-refractivity contribution in [2.24, 2.45) is 11.8 Å². The summed E-state index contributed by atoms with van der Waals surface area (Å²) in [4.78, 5) is 65.3. The highest BCUT2D eigenvalue weighted by atomic mass is 32.2. The van der Waals surface area contributed by atoms with Crippen LogP contribution in [-0.2, 0) is 59.1 Å². The number of nitrogens with zero attached hydrogens (tertiary/aromatic N) is 6. The molecule has 2 aliphatic carbocycles. The summed E-state index contributed by atoms with van der Waals surface area (Å²) in [6, 6.07) is 13.6. The molecule has 3 aromatic heterocycles. The second kappa shape index (κ2) is 20.1. The summed E-state index contributed by atoms with van der Waals surface area (Å²) in [5.41, 5.74) is 4.75. The molecule has 4 aromatic rings. The van der Waals surface area contributed by atoms with Gasteiger partial charge in [-0.1, -0.05) is 17.7 Å². The Bertz CT molecular complexity index is 2920. The average molecular weight is 963 g/mol. The first-order valence-corrected chi connectivity index (χ1v) is 23.7. The highest BCUT2D eigenvalue weighted by molar-refractivity contribution is 7.86. The van der Waals surface area contributed by atoms with Crippen molar-refractivity contribution in [1.82, 2.24) is 30.9 Å². The van der Waals surface area contributed by atoms with Crippen molar-refractivity contribution in [1.29, 1.82) is 10.5 Å². The second-order valence-corrected chi connectivity index (χ2v) is 18.8. The van der Waals surface area contributed by atoms with Gasteiger partial charge >= 0.3 is 6.09 Å². The number of hydrogen-bond donors (Lipinski definition) is 4. The van der Waals surface area contributed by atoms with Crippen LogP contribution in [0.25, 0.3) is 0 Å². The largest absolute Gasteiger partial charge is 0.480 e. The van der Waals surface area contributed by atoms with E-state index in [9.17, 15) is 38.1 Å². The third kappa shape index (κ3) is 10.1. The van der Waals surface area contributed by atoms with Gasteiger partial charge in [0.2, 0.25) is 17.9 Å². The van der Waals surface area contributed by atoms with Crippen molar-refractivity contribution >= 4 is 45.6 Å². The summed E-state index contributed by atoms with van der Waals surface area (Å²) < 4.78 is 57.5. The number of anilines is 2. The number of carbonyl (C=O) groups excluding carboxylic acids is 4. The van der Waals surface area contributed by atoms with Gasteiger partial charge in [-0.3, -0.25) is 23.5 Å². The maximum absolute atomic E-state index is 14.1. The Morgan fingerprint density at radius 2 is 1.57 bits per heavy atom. The molecule has 22 heteroatoms. The van der Waals surface area contributed by atoms with Crippen LogP contribution < -0.4 is 40.4 Å². The molecule has 2 aliphatic heterocycles. The number of fused-ring (bicyclic) bond motifs is 3. The van der Waals surface area contributed by atoms with Crippen molar-refractivity contribution in [2.75, 3.05) is 57.2 Å². The number of hydrogen-bond acceptors (Lipinski definition) is 17. The number of likely N-dealkylation sites (N-methyl/N-ethyl adjacent to an activating group) is 2. The summed E-state index contributed by atoms with van der Waals surface area (Å²) in [6.07, 6.45) is -2.34. The third-order valence-electron chi connectivity index (χ3n) is 12.8. The molecule has 5 atom stereocenters. The molecule has 0 bridgehead atoms. The average Bonchev–Trinajstić information content (AvgIpc) is 4.09. The predicted molar refractivity (Wildman–Crippen MR) is 244 cm³/mol. The fraction of sp³-hybridized carbons (Fsp3) is 0.426. The number of aromatic nitrogens is 3. The van der Waals surface area contributed by atoms with Crippen molar-refractivity contribution in [3.05, 3.63) is 86.7 Å². The van der Waals surface area contributed by atoms with Gasteiger partial charge in [-0.15, -0.1) is 0 Å². The molecule has 0 radical (unpaired) electrons. The first kappa shape index (κ1) is 48.1. The molecule has 69 heavy (non-hydrogen) atoms. The maximum Gasteiger partial charge on any atom is 0.415 e. The molecule has 21 nitrogen and oxygen atoms in total. The van der Waals surface area contributed by atoms with Crippen LogP contribution in [0, 0.1) is 55.3 Å². The summed E-state index contributed by atoms with van der Waals surface area (Å²) in [6.45, 7) is 6.17. The Morgan fingerprint density at radius 3 is 2.28 bits per heavy atom. The maximum atomic E-state index is 14.1. The molecular formula is C47H50N10O11S. The van der Waals surface area contributed by atoms with Gasteiger partial charge in [-0.25, -0.2) is 19.7 Å². The predicted octanol–water partition coefficient (Wildman–Crippen LogP) is 2.40. The zero-order chi connectivity index (χ0) is 49.1. The van der Waals surface area contributed by atoms with Gasteiger partial charge in [0, 0.05) is 25.2 Å². The Labute approximate surface area is 398 Å². The fourth-order valence-corrected chi connectivity index (χ4v) is 10.2. The standard InChI is InChI=1S/C47H50N10O11S/c1-24-6-8-30(9-7-24)69(62,63)68-41(28-16-32-25(2)45(65-22-39(58)50-4)53-36(19-49)34(32)17-28)42(44(60)51-5)67-46-26(3)31-14-27(15-33(31)35(18-48)54-46)20-52-13-12-29-21-57(47(61)66-29)38-11-10-37-43(55-38)56-40(59)23-64-37/h6-11,27-29,41-42,52H,12-17,20-23H2,1-5H3,(H,50,58)(H,51,60)(H,55,56,59). The lowest BCUT2D eigenvalue weighted by Crippen LogP contribution is -2.50. The molecule has 5 unspecified atom stereocenters. The lowest BCUT2D eigenvalue weighted by Gasteiger charge is -2.30. The minimum absolute atomic E-state index is 0.0167. The highest BCUT2D eigenvalue weighted by Gasteiger charge is 2.45. The van der Waals surface area contributed by atoms with E-state index in [1.807, 2.05) is 6.92 Å². The molecular weight excluding hydrogens is 913 g/mol. The van der Waals surface area contributed by atoms with E-state index in [-0.39, 0.29) is 78.3 Å². The van der Waals surface area contributed by atoms with Crippen molar-refractivity contribution in [3.63, 3.8) is 0 Å². The molecule has 360 valence electrons. The SMILES string of the molecule is CNC(=O)COc1nc(C#N)c2c(c1C)CC(C(OS(=O)(=O)c1ccc(C)cc1)C(Oc1nc(C#N)c3c(c1C)CC(CNCCC1CN(c4ccc5c(n4)NC(=O)CO5)C(=O)O1)C3)C(=O)NC)C2. The number of cyclic esters (lactones) is 1. The summed E-state index contributed by atoms with van der Waals surface area (Å²) in [5, 5.41) is 31.7. The number of benzene rings is 1. The topological polar surface area (TPSA) is 286 Å². The lowest BCUT2D eigenvalue weighted by atomic mass is 9.93. The van der Waals surface area contributed by atoms with Crippen LogP contribution in [0.3, 0.4) is 0 Å². The van der Waals surface area contributed by atoms with Crippen molar-refractivity contribution in [3.8, 4) is 29.6 Å². The van der Waals surface area contributed by atoms with Gasteiger partial charge in [0.15, 0.2) is 24.8 Å². The highest BCUT2D eigenvalue weighted by Crippen LogP contribution is 2.41. The number of aryl methyl sites for hydroxylation is 1. The molecule has 1 saturated heterocycles. The Morgan fingerprint density at radius 1 is 0.899 bits per heavy atom. The molecule has 1 aromatic carbocycles. The first-order valence-electron chi connectivity index (χ1n) is 22.3. The first-order chi connectivity index (χ1) is 33.1. The van der Waals surface area contributed by atoms with Crippen LogP contribution in [0.5, 0.6) is 17.5 Å². The minimum Gasteiger partial charge on any atom is -0.480 e. The smallest absolute Gasteiger partial charge is 0.415 e. The lowest BCUT2D eigenvalue weighted by molar-refractivity contribution is -0.133. The van der Waals surface area contributed by atoms with Crippen LogP contribution in [0.2, 0.25) is 0 Å². The van der Waals surface area contributed by atoms with Gasteiger partial charge in [-0.05, 0) is 124 Å². The number of nitriles is 2. The minimum atomic E-state index is -4.55.